The average molecular weight is 218 g/mol. The van der Waals surface area contributed by atoms with E-state index in [-0.39, 0.29) is 0 Å². The van der Waals surface area contributed by atoms with E-state index in [0.717, 1.165) is 17.8 Å². The predicted octanol–water partition coefficient (Wildman–Crippen LogP) is 5.12. The van der Waals surface area contributed by atoms with Crippen LogP contribution in [0.4, 0.5) is 0 Å². The molecule has 90 valence electrons. The zero-order valence-electron chi connectivity index (χ0n) is 10.8. The summed E-state index contributed by atoms with van der Waals surface area (Å²) in [6.45, 7) is 6.20. The Balaban J connectivity index is 1.99. The minimum absolute atomic E-state index is 0.961. The summed E-state index contributed by atoms with van der Waals surface area (Å²) in [5, 5.41) is 0. The minimum atomic E-state index is 0.961. The molecule has 2 aliphatic rings. The third kappa shape index (κ3) is 2.59. The summed E-state index contributed by atoms with van der Waals surface area (Å²) in [6, 6.07) is 0. The molecule has 2 saturated carbocycles. The van der Waals surface area contributed by atoms with E-state index >= 15 is 0 Å². The molecule has 0 heteroatoms. The first-order valence-corrected chi connectivity index (χ1v) is 7.15. The van der Waals surface area contributed by atoms with Gasteiger partial charge in [0.25, 0.3) is 0 Å². The lowest BCUT2D eigenvalue weighted by Gasteiger charge is -2.36. The van der Waals surface area contributed by atoms with Gasteiger partial charge in [-0.05, 0) is 37.0 Å². The topological polar surface area (TPSA) is 0 Å². The maximum absolute atomic E-state index is 3.83. The quantitative estimate of drug-likeness (QED) is 0.617. The van der Waals surface area contributed by atoms with Gasteiger partial charge in [-0.3, -0.25) is 0 Å². The molecule has 2 rings (SSSR count). The first-order valence-electron chi connectivity index (χ1n) is 7.15. The summed E-state index contributed by atoms with van der Waals surface area (Å²) in [5.74, 6) is 3.06. The van der Waals surface area contributed by atoms with Gasteiger partial charge in [0.15, 0.2) is 0 Å². The van der Waals surface area contributed by atoms with E-state index < -0.39 is 0 Å². The molecular formula is C16H26. The van der Waals surface area contributed by atoms with Crippen molar-refractivity contribution in [2.24, 2.45) is 17.8 Å². The second-order valence-electron chi connectivity index (χ2n) is 5.68. The van der Waals surface area contributed by atoms with Crippen molar-refractivity contribution in [3.8, 4) is 0 Å². The highest BCUT2D eigenvalue weighted by molar-refractivity contribution is 5.14. The highest BCUT2D eigenvalue weighted by Crippen LogP contribution is 2.45. The van der Waals surface area contributed by atoms with Gasteiger partial charge in [0.1, 0.15) is 0 Å². The van der Waals surface area contributed by atoms with Crippen LogP contribution in [0.2, 0.25) is 0 Å². The van der Waals surface area contributed by atoms with Crippen LogP contribution in [0, 0.1) is 17.8 Å². The Hall–Kier alpha value is -0.520. The maximum Gasteiger partial charge on any atom is -0.0286 e. The van der Waals surface area contributed by atoms with Crippen LogP contribution < -0.4 is 0 Å². The van der Waals surface area contributed by atoms with Gasteiger partial charge in [-0.1, -0.05) is 63.3 Å². The number of allylic oxidation sites excluding steroid dienone is 3. The van der Waals surface area contributed by atoms with E-state index in [1.807, 2.05) is 6.08 Å². The van der Waals surface area contributed by atoms with Crippen LogP contribution in [0.3, 0.4) is 0 Å². The highest BCUT2D eigenvalue weighted by atomic mass is 14.4. The predicted molar refractivity (Wildman–Crippen MR) is 71.4 cm³/mol. The van der Waals surface area contributed by atoms with Crippen molar-refractivity contribution in [1.82, 2.24) is 0 Å². The van der Waals surface area contributed by atoms with Gasteiger partial charge in [-0.25, -0.2) is 0 Å². The summed E-state index contributed by atoms with van der Waals surface area (Å²) in [6.07, 6.45) is 15.8. The second kappa shape index (κ2) is 5.70. The van der Waals surface area contributed by atoms with Crippen molar-refractivity contribution in [1.29, 1.82) is 0 Å². The molecule has 2 fully saturated rings. The molecule has 0 aliphatic heterocycles. The fourth-order valence-corrected chi connectivity index (χ4v) is 3.95. The molecule has 0 aromatic rings. The zero-order valence-corrected chi connectivity index (χ0v) is 10.8. The fourth-order valence-electron chi connectivity index (χ4n) is 3.95. The van der Waals surface area contributed by atoms with Gasteiger partial charge in [-0.2, -0.15) is 0 Å². The molecule has 0 saturated heterocycles. The number of hydrogen-bond acceptors (Lipinski definition) is 0. The van der Waals surface area contributed by atoms with E-state index in [9.17, 15) is 0 Å². The number of rotatable bonds is 3. The monoisotopic (exact) mass is 218 g/mol. The highest BCUT2D eigenvalue weighted by Gasteiger charge is 2.33. The third-order valence-corrected chi connectivity index (χ3v) is 4.81. The molecule has 0 N–H and O–H groups in total. The fraction of sp³-hybridized carbons (Fsp3) is 0.750. The van der Waals surface area contributed by atoms with Gasteiger partial charge in [-0.15, -0.1) is 0 Å². The molecule has 2 aliphatic carbocycles. The van der Waals surface area contributed by atoms with Crippen LogP contribution >= 0.6 is 0 Å². The standard InChI is InChI=1S/C16H26/c1-3-7-13-10-11-16(14(4-2)12-13)15-8-5-6-9-15/h3,7,14-16H,1,4-6,8-12H2,2H3/b13-7-. The molecule has 0 nitrogen and oxygen atoms in total. The Kier molecular flexibility index (Phi) is 4.26. The third-order valence-electron chi connectivity index (χ3n) is 4.81. The van der Waals surface area contributed by atoms with Crippen LogP contribution in [0.25, 0.3) is 0 Å². The van der Waals surface area contributed by atoms with Crippen LogP contribution in [-0.4, -0.2) is 0 Å². The smallest absolute Gasteiger partial charge is 0.0286 e. The Morgan fingerprint density at radius 1 is 1.25 bits per heavy atom. The van der Waals surface area contributed by atoms with Gasteiger partial charge < -0.3 is 0 Å². The van der Waals surface area contributed by atoms with Crippen molar-refractivity contribution in [2.75, 3.05) is 0 Å². The summed E-state index contributed by atoms with van der Waals surface area (Å²) in [7, 11) is 0. The average Bonchev–Trinajstić information content (AvgIpc) is 2.83. The Labute approximate surface area is 101 Å². The first-order chi connectivity index (χ1) is 7.85. The minimum Gasteiger partial charge on any atom is -0.0991 e. The summed E-state index contributed by atoms with van der Waals surface area (Å²) in [4.78, 5) is 0. The summed E-state index contributed by atoms with van der Waals surface area (Å²) in [5.41, 5.74) is 1.65. The molecular weight excluding hydrogens is 192 g/mol. The molecule has 0 heterocycles. The van der Waals surface area contributed by atoms with Crippen molar-refractivity contribution in [3.05, 3.63) is 24.3 Å². The second-order valence-corrected chi connectivity index (χ2v) is 5.68. The van der Waals surface area contributed by atoms with Crippen molar-refractivity contribution in [2.45, 2.75) is 58.3 Å². The van der Waals surface area contributed by atoms with Gasteiger partial charge in [0.2, 0.25) is 0 Å². The van der Waals surface area contributed by atoms with Crippen LogP contribution in [0.1, 0.15) is 58.3 Å². The van der Waals surface area contributed by atoms with Gasteiger partial charge in [0.05, 0.1) is 0 Å². The molecule has 0 aromatic carbocycles. The van der Waals surface area contributed by atoms with Gasteiger partial charge in [0, 0.05) is 0 Å². The Bertz CT molecular complexity index is 255. The Morgan fingerprint density at radius 3 is 2.62 bits per heavy atom. The van der Waals surface area contributed by atoms with Crippen molar-refractivity contribution < 1.29 is 0 Å². The van der Waals surface area contributed by atoms with Crippen molar-refractivity contribution >= 4 is 0 Å². The van der Waals surface area contributed by atoms with E-state index in [1.165, 1.54) is 51.4 Å². The molecule has 0 amide bonds. The van der Waals surface area contributed by atoms with Crippen molar-refractivity contribution in [3.63, 3.8) is 0 Å². The largest absolute Gasteiger partial charge is 0.0991 e. The lowest BCUT2D eigenvalue weighted by atomic mass is 9.69. The van der Waals surface area contributed by atoms with E-state index in [1.54, 1.807) is 5.57 Å². The van der Waals surface area contributed by atoms with Gasteiger partial charge >= 0.3 is 0 Å². The molecule has 16 heavy (non-hydrogen) atoms. The maximum atomic E-state index is 3.83. The van der Waals surface area contributed by atoms with E-state index in [2.05, 4.69) is 19.6 Å². The first kappa shape index (κ1) is 12.0. The molecule has 0 aromatic heterocycles. The zero-order chi connectivity index (χ0) is 11.4. The molecule has 0 spiro atoms. The van der Waals surface area contributed by atoms with Crippen LogP contribution in [-0.2, 0) is 0 Å². The lowest BCUT2D eigenvalue weighted by Crippen LogP contribution is -2.26. The summed E-state index contributed by atoms with van der Waals surface area (Å²) < 4.78 is 0. The SMILES string of the molecule is C=C/C=C1/CCC(C2CCCC2)C(CC)C1. The summed E-state index contributed by atoms with van der Waals surface area (Å²) >= 11 is 0. The van der Waals surface area contributed by atoms with E-state index in [4.69, 9.17) is 0 Å². The molecule has 0 bridgehead atoms. The van der Waals surface area contributed by atoms with E-state index in [0.29, 0.717) is 0 Å². The molecule has 0 radical (unpaired) electrons. The Morgan fingerprint density at radius 2 is 2.00 bits per heavy atom. The normalized spacial score (nSPS) is 34.4. The van der Waals surface area contributed by atoms with Crippen LogP contribution in [0.15, 0.2) is 24.3 Å². The molecule has 2 unspecified atom stereocenters. The van der Waals surface area contributed by atoms with Crippen LogP contribution in [0.5, 0.6) is 0 Å². The lowest BCUT2D eigenvalue weighted by molar-refractivity contribution is 0.184. The number of hydrogen-bond donors (Lipinski definition) is 0. The molecule has 2 atom stereocenters.